The van der Waals surface area contributed by atoms with Crippen LogP contribution in [-0.4, -0.2) is 23.9 Å². The summed E-state index contributed by atoms with van der Waals surface area (Å²) in [7, 11) is 0. The van der Waals surface area contributed by atoms with Crippen molar-refractivity contribution in [2.75, 3.05) is 0 Å². The van der Waals surface area contributed by atoms with E-state index < -0.39 is 17.8 Å². The zero-order valence-electron chi connectivity index (χ0n) is 16.6. The molecule has 0 radical (unpaired) electrons. The smallest absolute Gasteiger partial charge is 0.251 e. The molecule has 2 amide bonds. The SMILES string of the molecule is CCCC(CCC)NC(=O)[C@H](Cc1ccccc1)NC(=O)c1ccc(F)cc1. The molecule has 150 valence electrons. The highest BCUT2D eigenvalue weighted by molar-refractivity contribution is 5.97. The molecule has 0 saturated heterocycles. The van der Waals surface area contributed by atoms with Crippen molar-refractivity contribution in [3.8, 4) is 0 Å². The summed E-state index contributed by atoms with van der Waals surface area (Å²) >= 11 is 0. The Morgan fingerprint density at radius 2 is 1.50 bits per heavy atom. The number of carbonyl (C=O) groups is 2. The summed E-state index contributed by atoms with van der Waals surface area (Å²) in [5, 5.41) is 5.91. The van der Waals surface area contributed by atoms with Gasteiger partial charge in [0.2, 0.25) is 5.91 Å². The summed E-state index contributed by atoms with van der Waals surface area (Å²) in [6.45, 7) is 4.18. The Morgan fingerprint density at radius 3 is 2.07 bits per heavy atom. The van der Waals surface area contributed by atoms with Crippen molar-refractivity contribution in [3.63, 3.8) is 0 Å². The van der Waals surface area contributed by atoms with Gasteiger partial charge in [0.1, 0.15) is 11.9 Å². The van der Waals surface area contributed by atoms with Gasteiger partial charge in [-0.1, -0.05) is 57.0 Å². The molecule has 0 aliphatic heterocycles. The quantitative estimate of drug-likeness (QED) is 0.643. The lowest BCUT2D eigenvalue weighted by Gasteiger charge is -2.23. The summed E-state index contributed by atoms with van der Waals surface area (Å²) in [5.74, 6) is -0.984. The van der Waals surface area contributed by atoms with Crippen molar-refractivity contribution >= 4 is 11.8 Å². The molecule has 0 heterocycles. The van der Waals surface area contributed by atoms with E-state index in [0.717, 1.165) is 31.2 Å². The summed E-state index contributed by atoms with van der Waals surface area (Å²) in [4.78, 5) is 25.5. The number of hydrogen-bond donors (Lipinski definition) is 2. The third-order valence-electron chi connectivity index (χ3n) is 4.63. The monoisotopic (exact) mass is 384 g/mol. The van der Waals surface area contributed by atoms with Gasteiger partial charge in [-0.25, -0.2) is 4.39 Å². The summed E-state index contributed by atoms with van der Waals surface area (Å²) in [5.41, 5.74) is 1.29. The van der Waals surface area contributed by atoms with Crippen LogP contribution in [0, 0.1) is 5.82 Å². The van der Waals surface area contributed by atoms with Crippen LogP contribution in [0.2, 0.25) is 0 Å². The standard InChI is InChI=1S/C23H29FN2O2/c1-3-8-20(9-4-2)25-23(28)21(16-17-10-6-5-7-11-17)26-22(27)18-12-14-19(24)15-13-18/h5-7,10-15,20-21H,3-4,8-9,16H2,1-2H3,(H,25,28)(H,26,27)/t21-/m0/s1. The van der Waals surface area contributed by atoms with Gasteiger partial charge in [0, 0.05) is 18.0 Å². The van der Waals surface area contributed by atoms with Crippen LogP contribution in [0.25, 0.3) is 0 Å². The molecule has 4 nitrogen and oxygen atoms in total. The molecule has 2 aromatic rings. The fourth-order valence-electron chi connectivity index (χ4n) is 3.19. The Labute approximate surface area is 166 Å². The Hall–Kier alpha value is -2.69. The van der Waals surface area contributed by atoms with Crippen molar-refractivity contribution in [1.29, 1.82) is 0 Å². The number of benzene rings is 2. The Morgan fingerprint density at radius 1 is 0.893 bits per heavy atom. The molecule has 1 atom stereocenters. The van der Waals surface area contributed by atoms with Gasteiger partial charge in [0.15, 0.2) is 0 Å². The topological polar surface area (TPSA) is 58.2 Å². The van der Waals surface area contributed by atoms with Crippen LogP contribution < -0.4 is 10.6 Å². The van der Waals surface area contributed by atoms with Gasteiger partial charge in [-0.2, -0.15) is 0 Å². The molecule has 0 aliphatic carbocycles. The summed E-state index contributed by atoms with van der Waals surface area (Å²) < 4.78 is 13.1. The molecule has 0 unspecified atom stereocenters. The number of hydrogen-bond acceptors (Lipinski definition) is 2. The molecule has 2 aromatic carbocycles. The highest BCUT2D eigenvalue weighted by Crippen LogP contribution is 2.09. The van der Waals surface area contributed by atoms with E-state index >= 15 is 0 Å². The molecule has 5 heteroatoms. The van der Waals surface area contributed by atoms with Crippen LogP contribution >= 0.6 is 0 Å². The first-order chi connectivity index (χ1) is 13.5. The van der Waals surface area contributed by atoms with Crippen LogP contribution in [0.3, 0.4) is 0 Å². The molecule has 0 bridgehead atoms. The van der Waals surface area contributed by atoms with Gasteiger partial charge in [0.05, 0.1) is 0 Å². The van der Waals surface area contributed by atoms with Crippen LogP contribution in [0.15, 0.2) is 54.6 Å². The average molecular weight is 384 g/mol. The van der Waals surface area contributed by atoms with Crippen LogP contribution in [0.1, 0.15) is 55.5 Å². The van der Waals surface area contributed by atoms with Gasteiger partial charge in [-0.3, -0.25) is 9.59 Å². The van der Waals surface area contributed by atoms with Crippen LogP contribution in [0.4, 0.5) is 4.39 Å². The molecule has 0 aliphatic rings. The first-order valence-electron chi connectivity index (χ1n) is 9.94. The highest BCUT2D eigenvalue weighted by atomic mass is 19.1. The van der Waals surface area contributed by atoms with Gasteiger partial charge >= 0.3 is 0 Å². The molecular formula is C23H29FN2O2. The Bertz CT molecular complexity index is 741. The van der Waals surface area contributed by atoms with E-state index in [-0.39, 0.29) is 11.9 Å². The van der Waals surface area contributed by atoms with E-state index in [9.17, 15) is 14.0 Å². The predicted molar refractivity (Wildman–Crippen MR) is 110 cm³/mol. The van der Waals surface area contributed by atoms with Gasteiger partial charge in [0.25, 0.3) is 5.91 Å². The zero-order valence-corrected chi connectivity index (χ0v) is 16.6. The normalized spacial score (nSPS) is 11.9. The number of carbonyl (C=O) groups excluding carboxylic acids is 2. The second kappa shape index (κ2) is 11.2. The lowest BCUT2D eigenvalue weighted by Crippen LogP contribution is -2.50. The van der Waals surface area contributed by atoms with E-state index in [4.69, 9.17) is 0 Å². The van der Waals surface area contributed by atoms with E-state index in [2.05, 4.69) is 24.5 Å². The fraction of sp³-hybridized carbons (Fsp3) is 0.391. The Kier molecular flexibility index (Phi) is 8.66. The summed E-state index contributed by atoms with van der Waals surface area (Å²) in [6.07, 6.45) is 4.17. The van der Waals surface area contributed by atoms with Crippen molar-refractivity contribution in [3.05, 3.63) is 71.5 Å². The predicted octanol–water partition coefficient (Wildman–Crippen LogP) is 4.25. The molecule has 0 saturated carbocycles. The molecular weight excluding hydrogens is 355 g/mol. The number of halogens is 1. The maximum absolute atomic E-state index is 13.1. The minimum atomic E-state index is -0.698. The van der Waals surface area contributed by atoms with Crippen molar-refractivity contribution < 1.29 is 14.0 Å². The maximum atomic E-state index is 13.1. The van der Waals surface area contributed by atoms with Gasteiger partial charge < -0.3 is 10.6 Å². The first kappa shape index (κ1) is 21.6. The lowest BCUT2D eigenvalue weighted by atomic mass is 10.0. The minimum Gasteiger partial charge on any atom is -0.352 e. The Balaban J connectivity index is 2.14. The second-order valence-electron chi connectivity index (χ2n) is 7.01. The highest BCUT2D eigenvalue weighted by Gasteiger charge is 2.24. The third-order valence-corrected chi connectivity index (χ3v) is 4.63. The summed E-state index contributed by atoms with van der Waals surface area (Å²) in [6, 6.07) is 14.3. The fourth-order valence-corrected chi connectivity index (χ4v) is 3.19. The number of amides is 2. The van der Waals surface area contributed by atoms with E-state index in [1.54, 1.807) is 0 Å². The first-order valence-corrected chi connectivity index (χ1v) is 9.94. The van der Waals surface area contributed by atoms with Crippen LogP contribution in [0.5, 0.6) is 0 Å². The number of rotatable bonds is 10. The lowest BCUT2D eigenvalue weighted by molar-refractivity contribution is -0.123. The average Bonchev–Trinajstić information content (AvgIpc) is 2.69. The van der Waals surface area contributed by atoms with Crippen molar-refractivity contribution in [1.82, 2.24) is 10.6 Å². The van der Waals surface area contributed by atoms with Crippen molar-refractivity contribution in [2.45, 2.75) is 58.0 Å². The zero-order chi connectivity index (χ0) is 20.4. The van der Waals surface area contributed by atoms with E-state index in [1.165, 1.54) is 24.3 Å². The van der Waals surface area contributed by atoms with Gasteiger partial charge in [-0.05, 0) is 42.7 Å². The largest absolute Gasteiger partial charge is 0.352 e. The van der Waals surface area contributed by atoms with E-state index in [0.29, 0.717) is 12.0 Å². The van der Waals surface area contributed by atoms with Crippen LogP contribution in [-0.2, 0) is 11.2 Å². The molecule has 2 rings (SSSR count). The number of nitrogens with one attached hydrogen (secondary N) is 2. The molecule has 0 fully saturated rings. The molecule has 0 aromatic heterocycles. The molecule has 2 N–H and O–H groups in total. The second-order valence-corrected chi connectivity index (χ2v) is 7.01. The minimum absolute atomic E-state index is 0.100. The van der Waals surface area contributed by atoms with Gasteiger partial charge in [-0.15, -0.1) is 0 Å². The third kappa shape index (κ3) is 6.80. The van der Waals surface area contributed by atoms with Crippen molar-refractivity contribution in [2.24, 2.45) is 0 Å². The maximum Gasteiger partial charge on any atom is 0.251 e. The molecule has 28 heavy (non-hydrogen) atoms. The van der Waals surface area contributed by atoms with E-state index in [1.807, 2.05) is 30.3 Å². The molecule has 0 spiro atoms.